The van der Waals surface area contributed by atoms with Gasteiger partial charge in [0.25, 0.3) is 0 Å². The molecule has 1 saturated carbocycles. The number of Topliss-reactive ketones (excluding diaryl/α,β-unsaturated/α-hetero) is 1. The van der Waals surface area contributed by atoms with Gasteiger partial charge in [0.05, 0.1) is 12.6 Å². The Labute approximate surface area is 196 Å². The molecule has 1 spiro atoms. The summed E-state index contributed by atoms with van der Waals surface area (Å²) >= 11 is 0. The number of rotatable bonds is 10. The fourth-order valence-corrected chi connectivity index (χ4v) is 5.54. The summed E-state index contributed by atoms with van der Waals surface area (Å²) in [6.45, 7) is 3.65. The van der Waals surface area contributed by atoms with E-state index in [2.05, 4.69) is 10.6 Å². The second-order valence-electron chi connectivity index (χ2n) is 9.61. The quantitative estimate of drug-likeness (QED) is 0.365. The molecule has 7 heteroatoms. The number of esters is 1. The van der Waals surface area contributed by atoms with Crippen molar-refractivity contribution in [2.45, 2.75) is 101 Å². The Kier molecular flexibility index (Phi) is 8.65. The van der Waals surface area contributed by atoms with Gasteiger partial charge in [-0.05, 0) is 64.4 Å². The van der Waals surface area contributed by atoms with Crippen molar-refractivity contribution in [1.29, 1.82) is 0 Å². The number of aliphatic carboxylic acids is 1. The van der Waals surface area contributed by atoms with Crippen LogP contribution in [0.1, 0.15) is 77.2 Å². The number of carboxylic acids is 1. The first-order chi connectivity index (χ1) is 15.8. The van der Waals surface area contributed by atoms with Gasteiger partial charge in [0.1, 0.15) is 6.04 Å². The molecular weight excluding hydrogens is 420 g/mol. The van der Waals surface area contributed by atoms with E-state index >= 15 is 0 Å². The summed E-state index contributed by atoms with van der Waals surface area (Å²) in [5.74, 6) is -1.95. The Morgan fingerprint density at radius 1 is 1.06 bits per heavy atom. The van der Waals surface area contributed by atoms with E-state index in [4.69, 9.17) is 4.74 Å². The van der Waals surface area contributed by atoms with Gasteiger partial charge in [0, 0.05) is 5.54 Å². The van der Waals surface area contributed by atoms with Crippen molar-refractivity contribution in [3.8, 4) is 0 Å². The minimum Gasteiger partial charge on any atom is -0.480 e. The third-order valence-corrected chi connectivity index (χ3v) is 7.26. The van der Waals surface area contributed by atoms with Crippen LogP contribution in [0.4, 0.5) is 0 Å². The van der Waals surface area contributed by atoms with Crippen LogP contribution in [0, 0.1) is 0 Å². The third kappa shape index (κ3) is 6.01. The topological polar surface area (TPSA) is 105 Å². The van der Waals surface area contributed by atoms with Gasteiger partial charge in [0.2, 0.25) is 0 Å². The lowest BCUT2D eigenvalue weighted by atomic mass is 9.69. The molecule has 0 radical (unpaired) electrons. The molecule has 0 aromatic heterocycles. The van der Waals surface area contributed by atoms with Gasteiger partial charge in [0.15, 0.2) is 11.3 Å². The number of benzene rings is 1. The predicted octanol–water partition coefficient (Wildman–Crippen LogP) is 3.40. The normalized spacial score (nSPS) is 24.1. The Hall–Kier alpha value is -2.25. The molecule has 3 N–H and O–H groups in total. The van der Waals surface area contributed by atoms with Crippen molar-refractivity contribution in [2.75, 3.05) is 6.61 Å². The zero-order valence-electron chi connectivity index (χ0n) is 19.9. The molecule has 1 heterocycles. The smallest absolute Gasteiger partial charge is 0.331 e. The lowest BCUT2D eigenvalue weighted by Crippen LogP contribution is -2.71. The van der Waals surface area contributed by atoms with Crippen molar-refractivity contribution >= 4 is 17.7 Å². The summed E-state index contributed by atoms with van der Waals surface area (Å²) in [5, 5.41) is 16.7. The Balaban J connectivity index is 1.74. The van der Waals surface area contributed by atoms with Crippen LogP contribution in [0.25, 0.3) is 0 Å². The molecule has 0 bridgehead atoms. The monoisotopic (exact) mass is 458 g/mol. The average molecular weight is 459 g/mol. The van der Waals surface area contributed by atoms with Crippen LogP contribution >= 0.6 is 0 Å². The fraction of sp³-hybridized carbons (Fsp3) is 0.654. The van der Waals surface area contributed by atoms with Crippen LogP contribution in [-0.4, -0.2) is 52.6 Å². The van der Waals surface area contributed by atoms with Gasteiger partial charge >= 0.3 is 11.9 Å². The summed E-state index contributed by atoms with van der Waals surface area (Å²) in [6.07, 6.45) is 8.03. The van der Waals surface area contributed by atoms with Crippen LogP contribution in [0.3, 0.4) is 0 Å². The molecule has 1 aliphatic carbocycles. The fourth-order valence-electron chi connectivity index (χ4n) is 5.54. The number of nitrogens with one attached hydrogen (secondary N) is 2. The lowest BCUT2D eigenvalue weighted by Gasteiger charge is -2.49. The maximum Gasteiger partial charge on any atom is 0.331 e. The van der Waals surface area contributed by atoms with Crippen LogP contribution in [0.2, 0.25) is 0 Å². The van der Waals surface area contributed by atoms with E-state index < -0.39 is 35.3 Å². The summed E-state index contributed by atoms with van der Waals surface area (Å²) in [7, 11) is 0. The van der Waals surface area contributed by atoms with E-state index in [0.29, 0.717) is 19.3 Å². The Bertz CT molecular complexity index is 816. The molecule has 2 aliphatic rings. The molecule has 1 unspecified atom stereocenters. The molecule has 1 aromatic rings. The Morgan fingerprint density at radius 3 is 2.36 bits per heavy atom. The highest BCUT2D eigenvalue weighted by Gasteiger charge is 2.54. The standard InChI is InChI=1S/C26H38N2O5/c1-3-33-23(30)21(14-13-20-11-6-4-7-12-20)27-19(2)22(29)26(24(31)32)18-10-17-25(28-26)15-8-5-9-16-25/h4,6-7,11-12,19,21,27-28H,3,5,8-10,13-18H2,1-2H3,(H,31,32)/t19?,21-,26-/m0/s1. The van der Waals surface area contributed by atoms with E-state index in [1.807, 2.05) is 30.3 Å². The first-order valence-electron chi connectivity index (χ1n) is 12.4. The van der Waals surface area contributed by atoms with E-state index in [9.17, 15) is 19.5 Å². The van der Waals surface area contributed by atoms with Gasteiger partial charge in [-0.1, -0.05) is 49.6 Å². The zero-order chi connectivity index (χ0) is 23.9. The largest absolute Gasteiger partial charge is 0.480 e. The molecule has 1 aliphatic heterocycles. The van der Waals surface area contributed by atoms with Crippen molar-refractivity contribution in [3.63, 3.8) is 0 Å². The second-order valence-corrected chi connectivity index (χ2v) is 9.61. The number of ketones is 1. The van der Waals surface area contributed by atoms with Crippen molar-refractivity contribution in [1.82, 2.24) is 10.6 Å². The number of piperidine rings is 1. The summed E-state index contributed by atoms with van der Waals surface area (Å²) in [4.78, 5) is 38.7. The number of carbonyl (C=O) groups is 3. The number of carboxylic acid groups (broad SMARTS) is 1. The van der Waals surface area contributed by atoms with E-state index in [1.54, 1.807) is 13.8 Å². The number of hydrogen-bond donors (Lipinski definition) is 3. The molecule has 1 saturated heterocycles. The average Bonchev–Trinajstić information content (AvgIpc) is 2.82. The maximum atomic E-state index is 13.6. The van der Waals surface area contributed by atoms with Gasteiger partial charge in [-0.15, -0.1) is 0 Å². The summed E-state index contributed by atoms with van der Waals surface area (Å²) in [5.41, 5.74) is -0.818. The second kappa shape index (κ2) is 11.3. The zero-order valence-corrected chi connectivity index (χ0v) is 19.9. The van der Waals surface area contributed by atoms with E-state index in [1.165, 1.54) is 0 Å². The van der Waals surface area contributed by atoms with Crippen molar-refractivity contribution in [2.24, 2.45) is 0 Å². The Morgan fingerprint density at radius 2 is 1.73 bits per heavy atom. The molecule has 33 heavy (non-hydrogen) atoms. The van der Waals surface area contributed by atoms with Crippen molar-refractivity contribution in [3.05, 3.63) is 35.9 Å². The minimum absolute atomic E-state index is 0.244. The highest BCUT2D eigenvalue weighted by molar-refractivity contribution is 6.10. The molecule has 0 amide bonds. The molecule has 182 valence electrons. The summed E-state index contributed by atoms with van der Waals surface area (Å²) in [6, 6.07) is 8.31. The summed E-state index contributed by atoms with van der Waals surface area (Å²) < 4.78 is 5.24. The third-order valence-electron chi connectivity index (χ3n) is 7.26. The maximum absolute atomic E-state index is 13.6. The van der Waals surface area contributed by atoms with Crippen molar-refractivity contribution < 1.29 is 24.2 Å². The van der Waals surface area contributed by atoms with E-state index in [0.717, 1.165) is 44.1 Å². The van der Waals surface area contributed by atoms with Crippen LogP contribution in [0.15, 0.2) is 30.3 Å². The van der Waals surface area contributed by atoms with Gasteiger partial charge in [-0.25, -0.2) is 4.79 Å². The van der Waals surface area contributed by atoms with Crippen LogP contribution in [0.5, 0.6) is 0 Å². The van der Waals surface area contributed by atoms with Crippen LogP contribution < -0.4 is 10.6 Å². The van der Waals surface area contributed by atoms with Gasteiger partial charge in [-0.3, -0.25) is 20.2 Å². The number of ether oxygens (including phenoxy) is 1. The van der Waals surface area contributed by atoms with Gasteiger partial charge < -0.3 is 9.84 Å². The molecule has 7 nitrogen and oxygen atoms in total. The SMILES string of the molecule is CCOC(=O)[C@H](CCc1ccccc1)NC(C)C(=O)[C@]1(C(=O)O)CCCC2(CCCCC2)N1. The lowest BCUT2D eigenvalue weighted by molar-refractivity contribution is -0.155. The van der Waals surface area contributed by atoms with Crippen LogP contribution in [-0.2, 0) is 25.5 Å². The molecular formula is C26H38N2O5. The highest BCUT2D eigenvalue weighted by Crippen LogP contribution is 2.40. The molecule has 3 rings (SSSR count). The number of carbonyl (C=O) groups excluding carboxylic acids is 2. The minimum atomic E-state index is -1.62. The van der Waals surface area contributed by atoms with E-state index in [-0.39, 0.29) is 18.6 Å². The predicted molar refractivity (Wildman–Crippen MR) is 126 cm³/mol. The molecule has 1 aromatic carbocycles. The molecule has 3 atom stereocenters. The first kappa shape index (κ1) is 25.4. The molecule has 2 fully saturated rings. The van der Waals surface area contributed by atoms with Gasteiger partial charge in [-0.2, -0.15) is 0 Å². The number of hydrogen-bond acceptors (Lipinski definition) is 6. The number of aryl methyl sites for hydroxylation is 1. The highest BCUT2D eigenvalue weighted by atomic mass is 16.5. The first-order valence-corrected chi connectivity index (χ1v) is 12.4.